The predicted octanol–water partition coefficient (Wildman–Crippen LogP) is 3.68. The molecule has 9 nitrogen and oxygen atoms in total. The van der Waals surface area contributed by atoms with E-state index in [0.29, 0.717) is 30.3 Å². The molecule has 0 unspecified atom stereocenters. The first-order valence-electron chi connectivity index (χ1n) is 11.6. The van der Waals surface area contributed by atoms with Crippen LogP contribution in [0.2, 0.25) is 0 Å². The van der Waals surface area contributed by atoms with Crippen LogP contribution in [0.3, 0.4) is 0 Å². The Hall–Kier alpha value is -3.01. The highest BCUT2D eigenvalue weighted by Gasteiger charge is 2.33. The zero-order valence-electron chi connectivity index (χ0n) is 18.9. The largest absolute Gasteiger partial charge is 0.465 e. The number of nitrogens with zero attached hydrogens (tertiary/aromatic N) is 6. The third-order valence-electron chi connectivity index (χ3n) is 6.80. The molecular weight excluding hydrogens is 427 g/mol. The van der Waals surface area contributed by atoms with Gasteiger partial charge in [-0.15, -0.1) is 0 Å². The van der Waals surface area contributed by atoms with E-state index in [1.807, 2.05) is 19.9 Å². The zero-order chi connectivity index (χ0) is 23.1. The van der Waals surface area contributed by atoms with Crippen molar-refractivity contribution < 1.29 is 18.8 Å². The summed E-state index contributed by atoms with van der Waals surface area (Å²) in [5.74, 6) is 0.867. The fourth-order valence-corrected chi connectivity index (χ4v) is 5.20. The number of hydrogen-bond donors (Lipinski definition) is 1. The Bertz CT molecular complexity index is 1160. The van der Waals surface area contributed by atoms with Crippen LogP contribution in [0.1, 0.15) is 50.6 Å². The maximum absolute atomic E-state index is 14.6. The van der Waals surface area contributed by atoms with Gasteiger partial charge in [0.05, 0.1) is 5.69 Å². The second kappa shape index (κ2) is 8.74. The molecule has 2 fully saturated rings. The summed E-state index contributed by atoms with van der Waals surface area (Å²) >= 11 is 0. The minimum Gasteiger partial charge on any atom is -0.465 e. The Kier molecular flexibility index (Phi) is 5.77. The third-order valence-corrected chi connectivity index (χ3v) is 6.80. The molecule has 2 aromatic heterocycles. The summed E-state index contributed by atoms with van der Waals surface area (Å²) in [5, 5.41) is 18.8. The number of fused-ring (bicyclic) bond motifs is 1. The average molecular weight is 457 g/mol. The number of amides is 1. The van der Waals surface area contributed by atoms with Crippen molar-refractivity contribution >= 4 is 17.0 Å². The highest BCUT2D eigenvalue weighted by atomic mass is 19.1. The van der Waals surface area contributed by atoms with E-state index < -0.39 is 6.09 Å². The summed E-state index contributed by atoms with van der Waals surface area (Å²) in [7, 11) is 0. The Morgan fingerprint density at radius 2 is 2.15 bits per heavy atom. The van der Waals surface area contributed by atoms with Crippen LogP contribution in [0.25, 0.3) is 16.9 Å². The van der Waals surface area contributed by atoms with E-state index in [0.717, 1.165) is 50.0 Å². The lowest BCUT2D eigenvalue weighted by molar-refractivity contribution is 0.128. The SMILES string of the molecule is CC(C)c1nn(-c2noc(C[C@@H]3CCN(C[C@H]4CCCN4C(=O)O)C3)n2)c2c(F)cccc12. The molecule has 2 aliphatic heterocycles. The van der Waals surface area contributed by atoms with Crippen molar-refractivity contribution in [1.82, 2.24) is 29.7 Å². The number of likely N-dealkylation sites (tertiary alicyclic amines) is 2. The predicted molar refractivity (Wildman–Crippen MR) is 119 cm³/mol. The molecule has 1 aromatic carbocycles. The van der Waals surface area contributed by atoms with Gasteiger partial charge in [-0.2, -0.15) is 14.8 Å². The van der Waals surface area contributed by atoms with E-state index in [-0.39, 0.29) is 23.7 Å². The van der Waals surface area contributed by atoms with E-state index >= 15 is 0 Å². The van der Waals surface area contributed by atoms with Gasteiger partial charge in [-0.3, -0.25) is 0 Å². The highest BCUT2D eigenvalue weighted by Crippen LogP contribution is 2.29. The molecule has 0 saturated carbocycles. The molecule has 176 valence electrons. The van der Waals surface area contributed by atoms with Gasteiger partial charge >= 0.3 is 6.09 Å². The summed E-state index contributed by atoms with van der Waals surface area (Å²) in [6, 6.07) is 5.04. The average Bonchev–Trinajstić information content (AvgIpc) is 3.54. The van der Waals surface area contributed by atoms with Crippen molar-refractivity contribution in [1.29, 1.82) is 0 Å². The number of rotatable bonds is 6. The smallest absolute Gasteiger partial charge is 0.407 e. The summed E-state index contributed by atoms with van der Waals surface area (Å²) < 4.78 is 21.6. The normalized spacial score (nSPS) is 21.6. The molecule has 33 heavy (non-hydrogen) atoms. The molecule has 1 amide bonds. The third kappa shape index (κ3) is 4.19. The Labute approximate surface area is 191 Å². The first-order valence-corrected chi connectivity index (χ1v) is 11.6. The lowest BCUT2D eigenvalue weighted by atomic mass is 10.1. The fourth-order valence-electron chi connectivity index (χ4n) is 5.20. The van der Waals surface area contributed by atoms with Gasteiger partial charge in [0.2, 0.25) is 5.89 Å². The molecule has 3 aromatic rings. The lowest BCUT2D eigenvalue weighted by Gasteiger charge is -2.26. The molecule has 2 atom stereocenters. The topological polar surface area (TPSA) is 101 Å². The molecule has 5 rings (SSSR count). The van der Waals surface area contributed by atoms with Gasteiger partial charge in [0.1, 0.15) is 11.3 Å². The van der Waals surface area contributed by atoms with E-state index in [9.17, 15) is 14.3 Å². The van der Waals surface area contributed by atoms with E-state index in [4.69, 9.17) is 4.52 Å². The summed E-state index contributed by atoms with van der Waals surface area (Å²) in [5.41, 5.74) is 1.16. The first kappa shape index (κ1) is 21.8. The molecule has 1 N–H and O–H groups in total. The van der Waals surface area contributed by atoms with Crippen molar-refractivity contribution in [3.05, 3.63) is 35.6 Å². The maximum Gasteiger partial charge on any atom is 0.407 e. The van der Waals surface area contributed by atoms with Crippen molar-refractivity contribution in [3.8, 4) is 5.95 Å². The molecule has 0 radical (unpaired) electrons. The monoisotopic (exact) mass is 456 g/mol. The Morgan fingerprint density at radius 1 is 1.30 bits per heavy atom. The lowest BCUT2D eigenvalue weighted by Crippen LogP contribution is -2.42. The second-order valence-corrected chi connectivity index (χ2v) is 9.47. The van der Waals surface area contributed by atoms with Crippen LogP contribution in [0, 0.1) is 11.7 Å². The molecule has 0 bridgehead atoms. The molecule has 10 heteroatoms. The number of hydrogen-bond acceptors (Lipinski definition) is 6. The quantitative estimate of drug-likeness (QED) is 0.604. The number of carbonyl (C=O) groups is 1. The number of benzene rings is 1. The second-order valence-electron chi connectivity index (χ2n) is 9.47. The van der Waals surface area contributed by atoms with Crippen molar-refractivity contribution in [3.63, 3.8) is 0 Å². The summed E-state index contributed by atoms with van der Waals surface area (Å²) in [6.07, 6.45) is 2.66. The highest BCUT2D eigenvalue weighted by molar-refractivity contribution is 5.84. The summed E-state index contributed by atoms with van der Waals surface area (Å²) in [6.45, 7) is 7.25. The number of para-hydroxylation sites is 1. The minimum absolute atomic E-state index is 0.0782. The number of halogens is 1. The van der Waals surface area contributed by atoms with Crippen molar-refractivity contribution in [2.24, 2.45) is 5.92 Å². The van der Waals surface area contributed by atoms with E-state index in [2.05, 4.69) is 20.1 Å². The molecule has 0 spiro atoms. The van der Waals surface area contributed by atoms with E-state index in [1.165, 1.54) is 10.7 Å². The Morgan fingerprint density at radius 3 is 2.94 bits per heavy atom. The van der Waals surface area contributed by atoms with Gasteiger partial charge in [0.25, 0.3) is 5.95 Å². The van der Waals surface area contributed by atoms with Crippen LogP contribution in [0.15, 0.2) is 22.7 Å². The van der Waals surface area contributed by atoms with Crippen molar-refractivity contribution in [2.45, 2.75) is 51.5 Å². The van der Waals surface area contributed by atoms with Crippen molar-refractivity contribution in [2.75, 3.05) is 26.2 Å². The van der Waals surface area contributed by atoms with Gasteiger partial charge in [-0.1, -0.05) is 26.0 Å². The zero-order valence-corrected chi connectivity index (χ0v) is 18.9. The van der Waals surface area contributed by atoms with Crippen LogP contribution in [0.4, 0.5) is 9.18 Å². The van der Waals surface area contributed by atoms with E-state index in [1.54, 1.807) is 11.0 Å². The van der Waals surface area contributed by atoms with Crippen LogP contribution >= 0.6 is 0 Å². The summed E-state index contributed by atoms with van der Waals surface area (Å²) in [4.78, 5) is 19.8. The molecule has 2 saturated heterocycles. The Balaban J connectivity index is 1.27. The standard InChI is InChI=1S/C23H29FN6O3/c1-14(2)20-17-6-3-7-18(24)21(17)30(26-20)22-25-19(33-27-22)11-15-8-10-28(12-15)13-16-5-4-9-29(16)23(31)32/h3,6-7,14-16H,4-5,8-13H2,1-2H3,(H,31,32)/t15-,16+/m0/s1. The first-order chi connectivity index (χ1) is 15.9. The minimum atomic E-state index is -0.824. The van der Waals surface area contributed by atoms with Crippen LogP contribution < -0.4 is 0 Å². The van der Waals surface area contributed by atoms with Gasteiger partial charge in [-0.25, -0.2) is 9.18 Å². The van der Waals surface area contributed by atoms with Gasteiger partial charge < -0.3 is 19.4 Å². The molecular formula is C23H29FN6O3. The molecule has 4 heterocycles. The molecule has 0 aliphatic carbocycles. The van der Waals surface area contributed by atoms with Gasteiger partial charge in [0.15, 0.2) is 0 Å². The van der Waals surface area contributed by atoms with Gasteiger partial charge in [-0.05, 0) is 48.9 Å². The van der Waals surface area contributed by atoms with Crippen LogP contribution in [0.5, 0.6) is 0 Å². The number of aromatic nitrogens is 4. The molecule has 2 aliphatic rings. The fraction of sp³-hybridized carbons (Fsp3) is 0.565. The van der Waals surface area contributed by atoms with Crippen LogP contribution in [-0.4, -0.2) is 73.1 Å². The maximum atomic E-state index is 14.6. The van der Waals surface area contributed by atoms with Crippen LogP contribution in [-0.2, 0) is 6.42 Å². The number of carboxylic acid groups (broad SMARTS) is 1. The van der Waals surface area contributed by atoms with Gasteiger partial charge in [0, 0.05) is 37.5 Å².